The Hall–Kier alpha value is -0.650. The Balaban J connectivity index is 2.97. The molecule has 106 valence electrons. The molecule has 0 atom stereocenters. The summed E-state index contributed by atoms with van der Waals surface area (Å²) in [6.45, 7) is 6.96. The summed E-state index contributed by atoms with van der Waals surface area (Å²) in [7, 11) is 1.72. The molecule has 5 heteroatoms. The van der Waals surface area contributed by atoms with Gasteiger partial charge in [0.2, 0.25) is 0 Å². The van der Waals surface area contributed by atoms with Gasteiger partial charge in [-0.15, -0.1) is 0 Å². The monoisotopic (exact) mass is 344 g/mol. The molecule has 2 N–H and O–H groups in total. The van der Waals surface area contributed by atoms with Crippen LogP contribution in [0, 0.1) is 5.92 Å². The van der Waals surface area contributed by atoms with Crippen molar-refractivity contribution < 1.29 is 4.74 Å². The first kappa shape index (κ1) is 16.4. The number of rotatable bonds is 7. The molecule has 0 amide bonds. The SMILES string of the molecule is COCCN(CC(C)C)c1ccc(C(N)=S)cc1Br. The minimum absolute atomic E-state index is 0.416. The van der Waals surface area contributed by atoms with E-state index in [1.165, 1.54) is 0 Å². The molecule has 1 rings (SSSR count). The molecule has 0 spiro atoms. The molecular weight excluding hydrogens is 324 g/mol. The predicted molar refractivity (Wildman–Crippen MR) is 89.0 cm³/mol. The van der Waals surface area contributed by atoms with Crippen LogP contribution in [0.4, 0.5) is 5.69 Å². The maximum absolute atomic E-state index is 5.65. The van der Waals surface area contributed by atoms with E-state index in [4.69, 9.17) is 22.7 Å². The smallest absolute Gasteiger partial charge is 0.104 e. The van der Waals surface area contributed by atoms with E-state index in [1.54, 1.807) is 7.11 Å². The normalized spacial score (nSPS) is 10.8. The Labute approximate surface area is 129 Å². The standard InChI is InChI=1S/C14H21BrN2OS/c1-10(2)9-17(6-7-18-3)13-5-4-11(14(16)19)8-12(13)15/h4-5,8,10H,6-7,9H2,1-3H3,(H2,16,19). The van der Waals surface area contributed by atoms with Crippen LogP contribution >= 0.6 is 28.1 Å². The average molecular weight is 345 g/mol. The first-order valence-electron chi connectivity index (χ1n) is 6.29. The number of methoxy groups -OCH3 is 1. The number of anilines is 1. The number of benzene rings is 1. The summed E-state index contributed by atoms with van der Waals surface area (Å²) in [5.41, 5.74) is 7.67. The molecule has 0 saturated carbocycles. The lowest BCUT2D eigenvalue weighted by atomic mass is 10.1. The molecule has 0 aliphatic rings. The summed E-state index contributed by atoms with van der Waals surface area (Å²) >= 11 is 8.59. The van der Waals surface area contributed by atoms with E-state index in [-0.39, 0.29) is 0 Å². The van der Waals surface area contributed by atoms with Gasteiger partial charge in [0.25, 0.3) is 0 Å². The number of hydrogen-bond donors (Lipinski definition) is 1. The third-order valence-electron chi connectivity index (χ3n) is 2.72. The van der Waals surface area contributed by atoms with E-state index in [0.29, 0.717) is 17.5 Å². The second kappa shape index (κ2) is 7.82. The summed E-state index contributed by atoms with van der Waals surface area (Å²) in [4.78, 5) is 2.72. The van der Waals surface area contributed by atoms with E-state index in [1.807, 2.05) is 12.1 Å². The molecule has 19 heavy (non-hydrogen) atoms. The van der Waals surface area contributed by atoms with Crippen LogP contribution in [0.2, 0.25) is 0 Å². The lowest BCUT2D eigenvalue weighted by Gasteiger charge is -2.27. The van der Waals surface area contributed by atoms with Gasteiger partial charge in [0, 0.05) is 30.2 Å². The summed E-state index contributed by atoms with van der Waals surface area (Å²) in [6, 6.07) is 5.98. The number of nitrogens with two attached hydrogens (primary N) is 1. The van der Waals surface area contributed by atoms with Crippen LogP contribution < -0.4 is 10.6 Å². The highest BCUT2D eigenvalue weighted by Gasteiger charge is 2.12. The van der Waals surface area contributed by atoms with Crippen molar-refractivity contribution in [3.05, 3.63) is 28.2 Å². The van der Waals surface area contributed by atoms with Gasteiger partial charge in [-0.3, -0.25) is 0 Å². The number of hydrogen-bond acceptors (Lipinski definition) is 3. The van der Waals surface area contributed by atoms with Gasteiger partial charge in [-0.05, 0) is 40.0 Å². The van der Waals surface area contributed by atoms with Gasteiger partial charge in [0.15, 0.2) is 0 Å². The van der Waals surface area contributed by atoms with E-state index in [0.717, 1.165) is 28.8 Å². The van der Waals surface area contributed by atoms with Crippen molar-refractivity contribution in [1.82, 2.24) is 0 Å². The van der Waals surface area contributed by atoms with Crippen LogP contribution in [0.1, 0.15) is 19.4 Å². The van der Waals surface area contributed by atoms with Crippen LogP contribution in [0.3, 0.4) is 0 Å². The molecule has 1 aromatic carbocycles. The molecule has 0 heterocycles. The van der Waals surface area contributed by atoms with Crippen LogP contribution in [-0.4, -0.2) is 31.8 Å². The lowest BCUT2D eigenvalue weighted by Crippen LogP contribution is -2.31. The first-order valence-corrected chi connectivity index (χ1v) is 7.49. The van der Waals surface area contributed by atoms with Gasteiger partial charge in [0.1, 0.15) is 4.99 Å². The molecule has 1 aromatic rings. The highest BCUT2D eigenvalue weighted by atomic mass is 79.9. The fraction of sp³-hybridized carbons (Fsp3) is 0.500. The Kier molecular flexibility index (Phi) is 6.75. The van der Waals surface area contributed by atoms with Crippen molar-refractivity contribution in [2.75, 3.05) is 31.7 Å². The van der Waals surface area contributed by atoms with Gasteiger partial charge >= 0.3 is 0 Å². The highest BCUT2D eigenvalue weighted by molar-refractivity contribution is 9.10. The van der Waals surface area contributed by atoms with Crippen LogP contribution in [-0.2, 0) is 4.74 Å². The third kappa shape index (κ3) is 5.09. The lowest BCUT2D eigenvalue weighted by molar-refractivity contribution is 0.204. The fourth-order valence-electron chi connectivity index (χ4n) is 1.87. The minimum Gasteiger partial charge on any atom is -0.389 e. The Morgan fingerprint density at radius 2 is 2.16 bits per heavy atom. The van der Waals surface area contributed by atoms with E-state index >= 15 is 0 Å². The van der Waals surface area contributed by atoms with Crippen molar-refractivity contribution in [3.63, 3.8) is 0 Å². The topological polar surface area (TPSA) is 38.5 Å². The maximum Gasteiger partial charge on any atom is 0.104 e. The van der Waals surface area contributed by atoms with Crippen molar-refractivity contribution in [2.24, 2.45) is 11.7 Å². The number of thiocarbonyl (C=S) groups is 1. The minimum atomic E-state index is 0.416. The zero-order valence-corrected chi connectivity index (χ0v) is 14.1. The summed E-state index contributed by atoms with van der Waals surface area (Å²) < 4.78 is 6.19. The zero-order valence-electron chi connectivity index (χ0n) is 11.6. The zero-order chi connectivity index (χ0) is 14.4. The molecular formula is C14H21BrN2OS. The summed E-state index contributed by atoms with van der Waals surface area (Å²) in [6.07, 6.45) is 0. The quantitative estimate of drug-likeness (QED) is 0.771. The fourth-order valence-corrected chi connectivity index (χ4v) is 2.63. The van der Waals surface area contributed by atoms with E-state index in [2.05, 4.69) is 40.7 Å². The predicted octanol–water partition coefficient (Wildman–Crippen LogP) is 3.19. The summed E-state index contributed by atoms with van der Waals surface area (Å²) in [5, 5.41) is 0. The second-order valence-corrected chi connectivity index (χ2v) is 6.16. The van der Waals surface area contributed by atoms with E-state index < -0.39 is 0 Å². The van der Waals surface area contributed by atoms with Crippen molar-refractivity contribution in [2.45, 2.75) is 13.8 Å². The molecule has 0 fully saturated rings. The second-order valence-electron chi connectivity index (χ2n) is 4.86. The maximum atomic E-state index is 5.65. The van der Waals surface area contributed by atoms with Gasteiger partial charge in [-0.25, -0.2) is 0 Å². The molecule has 0 radical (unpaired) electrons. The number of ether oxygens (including phenoxy) is 1. The molecule has 0 aliphatic carbocycles. The van der Waals surface area contributed by atoms with Crippen molar-refractivity contribution in [1.29, 1.82) is 0 Å². The number of nitrogens with zero attached hydrogens (tertiary/aromatic N) is 1. The molecule has 3 nitrogen and oxygen atoms in total. The van der Waals surface area contributed by atoms with E-state index in [9.17, 15) is 0 Å². The van der Waals surface area contributed by atoms with Gasteiger partial charge < -0.3 is 15.4 Å². The highest BCUT2D eigenvalue weighted by Crippen LogP contribution is 2.28. The molecule has 0 saturated heterocycles. The largest absolute Gasteiger partial charge is 0.389 e. The first-order chi connectivity index (χ1) is 8.95. The van der Waals surface area contributed by atoms with Gasteiger partial charge in [0.05, 0.1) is 12.3 Å². The molecule has 0 bridgehead atoms. The number of halogens is 1. The van der Waals surface area contributed by atoms with Crippen LogP contribution in [0.5, 0.6) is 0 Å². The van der Waals surface area contributed by atoms with Crippen molar-refractivity contribution >= 4 is 38.8 Å². The van der Waals surface area contributed by atoms with Gasteiger partial charge in [-0.1, -0.05) is 26.1 Å². The van der Waals surface area contributed by atoms with Crippen LogP contribution in [0.15, 0.2) is 22.7 Å². The molecule has 0 aromatic heterocycles. The Morgan fingerprint density at radius 1 is 1.47 bits per heavy atom. The van der Waals surface area contributed by atoms with Crippen molar-refractivity contribution in [3.8, 4) is 0 Å². The molecule has 0 unspecified atom stereocenters. The average Bonchev–Trinajstić information content (AvgIpc) is 2.34. The Morgan fingerprint density at radius 3 is 2.63 bits per heavy atom. The van der Waals surface area contributed by atoms with Crippen LogP contribution in [0.25, 0.3) is 0 Å². The molecule has 0 aliphatic heterocycles. The Bertz CT molecular complexity index is 437. The summed E-state index contributed by atoms with van der Waals surface area (Å²) in [5.74, 6) is 0.582. The van der Waals surface area contributed by atoms with Gasteiger partial charge in [-0.2, -0.15) is 0 Å². The third-order valence-corrected chi connectivity index (χ3v) is 3.59.